The molecule has 2 rings (SSSR count). The number of urea groups is 1. The van der Waals surface area contributed by atoms with Gasteiger partial charge in [-0.05, 0) is 0 Å². The number of rotatable bonds is 2. The molecule has 2 heterocycles. The van der Waals surface area contributed by atoms with Crippen LogP contribution < -0.4 is 10.6 Å². The van der Waals surface area contributed by atoms with Gasteiger partial charge in [0, 0.05) is 7.05 Å². The fraction of sp³-hybridized carbons (Fsp3) is 0.444. The molecule has 7 nitrogen and oxygen atoms in total. The largest absolute Gasteiger partial charge is 0.504 e. The third kappa shape index (κ3) is 2.20. The van der Waals surface area contributed by atoms with E-state index in [0.29, 0.717) is 6.20 Å². The van der Waals surface area contributed by atoms with Gasteiger partial charge in [-0.1, -0.05) is 0 Å². The zero-order valence-corrected chi connectivity index (χ0v) is 9.76. The molecule has 1 aliphatic heterocycles. The summed E-state index contributed by atoms with van der Waals surface area (Å²) in [5.41, 5.74) is 5.00. The van der Waals surface area contributed by atoms with Crippen LogP contribution in [0, 0.1) is 0 Å². The highest BCUT2D eigenvalue weighted by Gasteiger charge is 2.41. The number of likely N-dealkylation sites (N-methyl/N-ethyl adjacent to an activating group) is 1. The molecular weight excluding hydrogens is 267 g/mol. The number of hydrogen-bond donors (Lipinski definition) is 1. The van der Waals surface area contributed by atoms with Crippen LogP contribution >= 0.6 is 0 Å². The Labute approximate surface area is 105 Å². The van der Waals surface area contributed by atoms with E-state index in [1.807, 2.05) is 0 Å². The highest BCUT2D eigenvalue weighted by Crippen LogP contribution is 2.27. The van der Waals surface area contributed by atoms with Gasteiger partial charge in [0.1, 0.15) is 6.04 Å². The first-order valence-corrected chi connectivity index (χ1v) is 5.17. The van der Waals surface area contributed by atoms with E-state index in [1.165, 1.54) is 11.9 Å². The Morgan fingerprint density at radius 3 is 2.63 bits per heavy atom. The molecule has 3 amide bonds. The van der Waals surface area contributed by atoms with Gasteiger partial charge in [-0.15, -0.1) is 13.2 Å². The van der Waals surface area contributed by atoms with Crippen molar-refractivity contribution in [2.75, 3.05) is 18.5 Å². The summed E-state index contributed by atoms with van der Waals surface area (Å²) in [6.45, 7) is 0.0192. The highest BCUT2D eigenvalue weighted by atomic mass is 19.4. The number of halogens is 3. The van der Waals surface area contributed by atoms with Gasteiger partial charge in [-0.3, -0.25) is 9.69 Å². The third-order valence-corrected chi connectivity index (χ3v) is 2.73. The molecule has 1 saturated heterocycles. The van der Waals surface area contributed by atoms with Gasteiger partial charge in [-0.2, -0.15) is 9.78 Å². The minimum absolute atomic E-state index is 0.0192. The van der Waals surface area contributed by atoms with E-state index >= 15 is 0 Å². The monoisotopic (exact) mass is 277 g/mol. The van der Waals surface area contributed by atoms with E-state index < -0.39 is 24.3 Å². The molecule has 1 aromatic rings. The summed E-state index contributed by atoms with van der Waals surface area (Å²) in [6, 6.07) is -1.62. The lowest BCUT2D eigenvalue weighted by atomic mass is 10.2. The molecule has 1 unspecified atom stereocenters. The predicted molar refractivity (Wildman–Crippen MR) is 57.0 cm³/mol. The summed E-state index contributed by atoms with van der Waals surface area (Å²) in [5, 5.41) is 3.11. The number of hydrogen-bond acceptors (Lipinski definition) is 3. The van der Waals surface area contributed by atoms with Crippen molar-refractivity contribution in [3.63, 3.8) is 0 Å². The number of anilines is 1. The summed E-state index contributed by atoms with van der Waals surface area (Å²) in [6.07, 6.45) is -3.19. The Morgan fingerprint density at radius 1 is 1.53 bits per heavy atom. The van der Waals surface area contributed by atoms with Gasteiger partial charge in [0.05, 0.1) is 24.6 Å². The average molecular weight is 277 g/mol. The first-order chi connectivity index (χ1) is 8.71. The summed E-state index contributed by atoms with van der Waals surface area (Å²) in [7, 11) is 1.42. The fourth-order valence-corrected chi connectivity index (χ4v) is 1.82. The van der Waals surface area contributed by atoms with Crippen molar-refractivity contribution in [1.82, 2.24) is 14.7 Å². The Morgan fingerprint density at radius 2 is 2.16 bits per heavy atom. The second-order valence-electron chi connectivity index (χ2n) is 4.06. The number of nitrogens with two attached hydrogens (primary N) is 1. The molecule has 104 valence electrons. The maximum absolute atomic E-state index is 12.4. The van der Waals surface area contributed by atoms with E-state index in [1.54, 1.807) is 0 Å². The molecule has 10 heteroatoms. The molecule has 0 spiro atoms. The molecule has 1 aromatic heterocycles. The lowest BCUT2D eigenvalue weighted by molar-refractivity contribution is -0.212. The van der Waals surface area contributed by atoms with E-state index in [9.17, 15) is 22.8 Å². The summed E-state index contributed by atoms with van der Waals surface area (Å²) in [5.74, 6) is -0.794. The average Bonchev–Trinajstić information content (AvgIpc) is 2.84. The molecule has 1 atom stereocenters. The standard InChI is InChI=1S/C9H10F3N5O2/c1-15-4-6(7(13)18)17(8(15)19)5-2-14-16(3-5)9(10,11)12/h2-3,6H,4H2,1H3,(H2,13,18). The van der Waals surface area contributed by atoms with Crippen molar-refractivity contribution in [3.8, 4) is 0 Å². The van der Waals surface area contributed by atoms with Gasteiger partial charge < -0.3 is 10.6 Å². The van der Waals surface area contributed by atoms with E-state index in [0.717, 1.165) is 11.1 Å². The second kappa shape index (κ2) is 4.14. The molecule has 1 fully saturated rings. The predicted octanol–water partition coefficient (Wildman–Crippen LogP) is 0.0851. The van der Waals surface area contributed by atoms with Crippen LogP contribution in [-0.4, -0.2) is 46.3 Å². The maximum atomic E-state index is 12.4. The molecule has 0 bridgehead atoms. The number of carbonyl (C=O) groups excluding carboxylic acids is 2. The SMILES string of the molecule is CN1CC(C(N)=O)N(c2cnn(C(F)(F)F)c2)C1=O. The van der Waals surface area contributed by atoms with Crippen LogP contribution in [0.1, 0.15) is 0 Å². The van der Waals surface area contributed by atoms with E-state index in [4.69, 9.17) is 5.73 Å². The molecule has 0 radical (unpaired) electrons. The molecule has 19 heavy (non-hydrogen) atoms. The lowest BCUT2D eigenvalue weighted by Gasteiger charge is -2.18. The van der Waals surface area contributed by atoms with Crippen molar-refractivity contribution in [1.29, 1.82) is 0 Å². The van der Waals surface area contributed by atoms with Crippen LogP contribution in [0.3, 0.4) is 0 Å². The van der Waals surface area contributed by atoms with Crippen LogP contribution in [0.5, 0.6) is 0 Å². The van der Waals surface area contributed by atoms with Gasteiger partial charge >= 0.3 is 12.3 Å². The number of primary amides is 1. The van der Waals surface area contributed by atoms with Crippen molar-refractivity contribution in [3.05, 3.63) is 12.4 Å². The molecular formula is C9H10F3N5O2. The van der Waals surface area contributed by atoms with Crippen LogP contribution in [-0.2, 0) is 11.1 Å². The molecule has 0 aromatic carbocycles. The zero-order valence-electron chi connectivity index (χ0n) is 9.76. The summed E-state index contributed by atoms with van der Waals surface area (Å²) in [4.78, 5) is 25.1. The number of nitrogens with zero attached hydrogens (tertiary/aromatic N) is 4. The molecule has 0 aliphatic carbocycles. The Hall–Kier alpha value is -2.26. The Balaban J connectivity index is 2.36. The van der Waals surface area contributed by atoms with Gasteiger partial charge in [0.15, 0.2) is 0 Å². The first kappa shape index (κ1) is 13.2. The van der Waals surface area contributed by atoms with Gasteiger partial charge in [-0.25, -0.2) is 4.79 Å². The number of amides is 3. The summed E-state index contributed by atoms with van der Waals surface area (Å²) >= 11 is 0. The van der Waals surface area contributed by atoms with Crippen molar-refractivity contribution in [2.45, 2.75) is 12.3 Å². The maximum Gasteiger partial charge on any atom is 0.504 e. The van der Waals surface area contributed by atoms with Gasteiger partial charge in [0.2, 0.25) is 5.91 Å². The van der Waals surface area contributed by atoms with E-state index in [2.05, 4.69) is 5.10 Å². The normalized spacial score (nSPS) is 20.2. The van der Waals surface area contributed by atoms with Crippen LogP contribution in [0.4, 0.5) is 23.7 Å². The van der Waals surface area contributed by atoms with Crippen molar-refractivity contribution >= 4 is 17.6 Å². The van der Waals surface area contributed by atoms with Crippen LogP contribution in [0.2, 0.25) is 0 Å². The van der Waals surface area contributed by atoms with Crippen LogP contribution in [0.15, 0.2) is 12.4 Å². The Bertz CT molecular complexity index is 526. The minimum Gasteiger partial charge on any atom is -0.368 e. The summed E-state index contributed by atoms with van der Waals surface area (Å²) < 4.78 is 37.0. The molecule has 2 N–H and O–H groups in total. The smallest absolute Gasteiger partial charge is 0.368 e. The fourth-order valence-electron chi connectivity index (χ4n) is 1.82. The number of alkyl halides is 3. The van der Waals surface area contributed by atoms with Crippen LogP contribution in [0.25, 0.3) is 0 Å². The van der Waals surface area contributed by atoms with Crippen molar-refractivity contribution < 1.29 is 22.8 Å². The zero-order chi connectivity index (χ0) is 14.4. The minimum atomic E-state index is -4.69. The second-order valence-corrected chi connectivity index (χ2v) is 4.06. The first-order valence-electron chi connectivity index (χ1n) is 5.17. The topological polar surface area (TPSA) is 84.5 Å². The number of aromatic nitrogens is 2. The number of carbonyl (C=O) groups is 2. The third-order valence-electron chi connectivity index (χ3n) is 2.73. The molecule has 1 aliphatic rings. The Kier molecular flexibility index (Phi) is 2.87. The van der Waals surface area contributed by atoms with Gasteiger partial charge in [0.25, 0.3) is 0 Å². The van der Waals surface area contributed by atoms with E-state index in [-0.39, 0.29) is 16.9 Å². The highest BCUT2D eigenvalue weighted by molar-refractivity contribution is 6.02. The van der Waals surface area contributed by atoms with Crippen molar-refractivity contribution in [2.24, 2.45) is 5.73 Å². The molecule has 0 saturated carbocycles. The lowest BCUT2D eigenvalue weighted by Crippen LogP contribution is -2.43. The quantitative estimate of drug-likeness (QED) is 0.831.